The number of carbonyl (C=O) groups excluding carboxylic acids is 1. The lowest BCUT2D eigenvalue weighted by Crippen LogP contribution is -2.09. The third-order valence-corrected chi connectivity index (χ3v) is 3.65. The van der Waals surface area contributed by atoms with Crippen molar-refractivity contribution in [3.05, 3.63) is 44.4 Å². The molecule has 20 heavy (non-hydrogen) atoms. The first-order valence-corrected chi connectivity index (χ1v) is 7.04. The zero-order valence-electron chi connectivity index (χ0n) is 11.0. The molecule has 0 saturated heterocycles. The molecule has 0 aliphatic heterocycles. The number of benzene rings is 1. The summed E-state index contributed by atoms with van der Waals surface area (Å²) in [6.45, 7) is 1.87. The van der Waals surface area contributed by atoms with Crippen LogP contribution < -0.4 is 9.61 Å². The number of ketones is 1. The second kappa shape index (κ2) is 6.38. The Morgan fingerprint density at radius 2 is 2.05 bits per heavy atom. The van der Waals surface area contributed by atoms with Crippen molar-refractivity contribution in [1.82, 2.24) is 4.98 Å². The van der Waals surface area contributed by atoms with Crippen LogP contribution in [0.15, 0.2) is 29.1 Å². The highest BCUT2D eigenvalue weighted by Crippen LogP contribution is 2.21. The third-order valence-electron chi connectivity index (χ3n) is 2.78. The molecule has 2 N–H and O–H groups in total. The number of Topliss-reactive ketones (excluding diaryl/α,β-unsaturated/α-hetero) is 1. The molecule has 1 aromatic carbocycles. The number of nitrogens with one attached hydrogen (secondary N) is 1. The highest BCUT2D eigenvalue weighted by atomic mass is 32.1. The van der Waals surface area contributed by atoms with Crippen molar-refractivity contribution in [1.29, 1.82) is 0 Å². The molecule has 0 bridgehead atoms. The Morgan fingerprint density at radius 1 is 1.35 bits per heavy atom. The minimum atomic E-state index is -0.268. The van der Waals surface area contributed by atoms with Gasteiger partial charge in [-0.05, 0) is 17.7 Å². The quantitative estimate of drug-likeness (QED) is 0.854. The van der Waals surface area contributed by atoms with Gasteiger partial charge in [0, 0.05) is 12.8 Å². The van der Waals surface area contributed by atoms with Gasteiger partial charge in [0.25, 0.3) is 0 Å². The van der Waals surface area contributed by atoms with Crippen LogP contribution in [0.25, 0.3) is 0 Å². The molecular formula is C14H15NO4S. The molecule has 0 aliphatic rings. The number of hydrogen-bond acceptors (Lipinski definition) is 5. The summed E-state index contributed by atoms with van der Waals surface area (Å²) in [5.41, 5.74) is 0.949. The van der Waals surface area contributed by atoms with Crippen molar-refractivity contribution < 1.29 is 14.6 Å². The Balaban J connectivity index is 1.99. The second-order valence-corrected chi connectivity index (χ2v) is 5.36. The van der Waals surface area contributed by atoms with Gasteiger partial charge in [-0.25, -0.2) is 0 Å². The molecule has 2 aromatic rings. The van der Waals surface area contributed by atoms with E-state index in [-0.39, 0.29) is 23.1 Å². The number of carbonyl (C=O) groups is 1. The van der Waals surface area contributed by atoms with E-state index in [2.05, 4.69) is 4.98 Å². The highest BCUT2D eigenvalue weighted by molar-refractivity contribution is 7.09. The zero-order chi connectivity index (χ0) is 14.5. The summed E-state index contributed by atoms with van der Waals surface area (Å²) in [5.74, 6) is 0.604. The summed E-state index contributed by atoms with van der Waals surface area (Å²) in [6, 6.07) is 7.22. The molecule has 2 rings (SSSR count). The Bertz CT molecular complexity index is 642. The normalized spacial score (nSPS) is 10.4. The van der Waals surface area contributed by atoms with Gasteiger partial charge in [-0.1, -0.05) is 30.4 Å². The van der Waals surface area contributed by atoms with E-state index in [0.29, 0.717) is 23.5 Å². The van der Waals surface area contributed by atoms with Gasteiger partial charge in [-0.15, -0.1) is 0 Å². The first-order valence-electron chi connectivity index (χ1n) is 6.23. The molecule has 0 atom stereocenters. The molecule has 0 radical (unpaired) electrons. The van der Waals surface area contributed by atoms with E-state index in [4.69, 9.17) is 4.74 Å². The van der Waals surface area contributed by atoms with Crippen molar-refractivity contribution in [3.63, 3.8) is 0 Å². The van der Waals surface area contributed by atoms with Crippen LogP contribution in [-0.2, 0) is 11.2 Å². The molecule has 106 valence electrons. The number of aromatic hydroxyl groups is 1. The monoisotopic (exact) mass is 293 g/mol. The van der Waals surface area contributed by atoms with Crippen LogP contribution in [0.1, 0.15) is 23.8 Å². The van der Waals surface area contributed by atoms with Gasteiger partial charge in [0.2, 0.25) is 5.88 Å². The molecule has 0 saturated carbocycles. The lowest BCUT2D eigenvalue weighted by atomic mass is 10.1. The smallest absolute Gasteiger partial charge is 0.307 e. The van der Waals surface area contributed by atoms with E-state index in [1.54, 1.807) is 19.1 Å². The number of aromatic amines is 1. The molecule has 0 amide bonds. The van der Waals surface area contributed by atoms with Crippen LogP contribution in [0.5, 0.6) is 11.6 Å². The Morgan fingerprint density at radius 3 is 2.60 bits per heavy atom. The summed E-state index contributed by atoms with van der Waals surface area (Å²) in [4.78, 5) is 24.9. The van der Waals surface area contributed by atoms with Crippen molar-refractivity contribution in [2.24, 2.45) is 0 Å². The molecule has 1 aromatic heterocycles. The van der Waals surface area contributed by atoms with Crippen LogP contribution in [0, 0.1) is 0 Å². The van der Waals surface area contributed by atoms with Gasteiger partial charge in [-0.2, -0.15) is 0 Å². The maximum Gasteiger partial charge on any atom is 0.307 e. The first-order chi connectivity index (χ1) is 9.58. The number of thiazole rings is 1. The summed E-state index contributed by atoms with van der Waals surface area (Å²) < 4.78 is 5.34. The van der Waals surface area contributed by atoms with Crippen molar-refractivity contribution in [3.8, 4) is 11.6 Å². The van der Waals surface area contributed by atoms with Gasteiger partial charge in [0.1, 0.15) is 12.4 Å². The summed E-state index contributed by atoms with van der Waals surface area (Å²) in [5, 5.41) is 9.51. The van der Waals surface area contributed by atoms with Crippen molar-refractivity contribution >= 4 is 17.1 Å². The summed E-state index contributed by atoms with van der Waals surface area (Å²) >= 11 is 0.994. The Labute approximate surface area is 119 Å². The SMILES string of the molecule is CCC(=O)COc1ccc(Cc2sc(=O)[nH]c2O)cc1. The topological polar surface area (TPSA) is 79.4 Å². The minimum absolute atomic E-state index is 0.0519. The molecular weight excluding hydrogens is 278 g/mol. The molecule has 1 heterocycles. The molecule has 0 unspecified atom stereocenters. The van der Waals surface area contributed by atoms with Crippen LogP contribution in [0.3, 0.4) is 0 Å². The Kier molecular flexibility index (Phi) is 4.57. The number of H-pyrrole nitrogens is 1. The zero-order valence-corrected chi connectivity index (χ0v) is 11.8. The average Bonchev–Trinajstić information content (AvgIpc) is 2.75. The van der Waals surface area contributed by atoms with E-state index < -0.39 is 0 Å². The third kappa shape index (κ3) is 3.71. The van der Waals surface area contributed by atoms with Gasteiger partial charge in [-0.3, -0.25) is 14.6 Å². The number of aromatic nitrogens is 1. The number of rotatable bonds is 6. The van der Waals surface area contributed by atoms with Crippen molar-refractivity contribution in [2.45, 2.75) is 19.8 Å². The number of ether oxygens (including phenoxy) is 1. The summed E-state index contributed by atoms with van der Waals surface area (Å²) in [7, 11) is 0. The second-order valence-electron chi connectivity index (χ2n) is 4.29. The van der Waals surface area contributed by atoms with E-state index in [0.717, 1.165) is 16.9 Å². The Hall–Kier alpha value is -2.08. The first kappa shape index (κ1) is 14.3. The van der Waals surface area contributed by atoms with Crippen LogP contribution in [0.2, 0.25) is 0 Å². The fourth-order valence-corrected chi connectivity index (χ4v) is 2.38. The lowest BCUT2D eigenvalue weighted by molar-refractivity contribution is -0.120. The van der Waals surface area contributed by atoms with E-state index in [9.17, 15) is 14.7 Å². The summed E-state index contributed by atoms with van der Waals surface area (Å²) in [6.07, 6.45) is 0.938. The van der Waals surface area contributed by atoms with E-state index in [1.165, 1.54) is 0 Å². The van der Waals surface area contributed by atoms with E-state index >= 15 is 0 Å². The molecule has 5 nitrogen and oxygen atoms in total. The highest BCUT2D eigenvalue weighted by Gasteiger charge is 2.07. The predicted molar refractivity (Wildman–Crippen MR) is 76.6 cm³/mol. The number of hydrogen-bond donors (Lipinski definition) is 2. The van der Waals surface area contributed by atoms with Gasteiger partial charge >= 0.3 is 4.87 Å². The van der Waals surface area contributed by atoms with Crippen LogP contribution in [-0.4, -0.2) is 22.5 Å². The fourth-order valence-electron chi connectivity index (χ4n) is 1.63. The largest absolute Gasteiger partial charge is 0.494 e. The maximum absolute atomic E-state index is 11.1. The molecule has 0 spiro atoms. The predicted octanol–water partition coefficient (Wildman–Crippen LogP) is 2.09. The van der Waals surface area contributed by atoms with Gasteiger partial charge < -0.3 is 9.84 Å². The van der Waals surface area contributed by atoms with Crippen LogP contribution in [0.4, 0.5) is 0 Å². The van der Waals surface area contributed by atoms with Gasteiger partial charge in [0.05, 0.1) is 4.88 Å². The van der Waals surface area contributed by atoms with Crippen molar-refractivity contribution in [2.75, 3.05) is 6.61 Å². The average molecular weight is 293 g/mol. The lowest BCUT2D eigenvalue weighted by Gasteiger charge is -2.05. The van der Waals surface area contributed by atoms with E-state index in [1.807, 2.05) is 12.1 Å². The van der Waals surface area contributed by atoms with Crippen LogP contribution >= 0.6 is 11.3 Å². The fraction of sp³-hybridized carbons (Fsp3) is 0.286. The minimum Gasteiger partial charge on any atom is -0.494 e. The molecule has 6 heteroatoms. The standard InChI is InChI=1S/C14H15NO4S/c1-2-10(16)8-19-11-5-3-9(4-6-11)7-12-13(17)15-14(18)20-12/h3-6,17H,2,7-8H2,1H3,(H,15,18). The van der Waals surface area contributed by atoms with Gasteiger partial charge in [0.15, 0.2) is 5.78 Å². The maximum atomic E-state index is 11.1. The molecule has 0 aliphatic carbocycles. The molecule has 0 fully saturated rings.